The van der Waals surface area contributed by atoms with E-state index in [9.17, 15) is 9.59 Å². The van der Waals surface area contributed by atoms with Crippen LogP contribution in [0.3, 0.4) is 0 Å². The van der Waals surface area contributed by atoms with Crippen molar-refractivity contribution in [1.82, 2.24) is 14.8 Å². The zero-order chi connectivity index (χ0) is 18.5. The number of aromatic nitrogens is 1. The normalized spacial score (nSPS) is 16.2. The monoisotopic (exact) mass is 375 g/mol. The molecule has 1 amide bonds. The van der Waals surface area contributed by atoms with Gasteiger partial charge in [-0.3, -0.25) is 14.5 Å². The molecule has 1 aliphatic rings. The lowest BCUT2D eigenvalue weighted by atomic mass is 10.0. The first-order valence-corrected chi connectivity index (χ1v) is 8.95. The summed E-state index contributed by atoms with van der Waals surface area (Å²) in [6, 6.07) is 10.6. The highest BCUT2D eigenvalue weighted by Crippen LogP contribution is 2.27. The Labute approximate surface area is 157 Å². The van der Waals surface area contributed by atoms with Gasteiger partial charge < -0.3 is 14.6 Å². The number of nitrogens with one attached hydrogen (secondary N) is 1. The summed E-state index contributed by atoms with van der Waals surface area (Å²) < 4.78 is 6.86. The minimum Gasteiger partial charge on any atom is -0.379 e. The highest BCUT2D eigenvalue weighted by molar-refractivity contribution is 6.31. The molecule has 0 saturated carbocycles. The molecule has 26 heavy (non-hydrogen) atoms. The summed E-state index contributed by atoms with van der Waals surface area (Å²) >= 11 is 6.39. The van der Waals surface area contributed by atoms with Gasteiger partial charge in [0.05, 0.1) is 19.3 Å². The molecule has 1 fully saturated rings. The smallest absolute Gasteiger partial charge is 0.251 e. The van der Waals surface area contributed by atoms with Crippen molar-refractivity contribution in [1.29, 1.82) is 0 Å². The van der Waals surface area contributed by atoms with Crippen LogP contribution in [0.5, 0.6) is 0 Å². The molecule has 0 unspecified atom stereocenters. The molecular weight excluding hydrogens is 354 g/mol. The van der Waals surface area contributed by atoms with E-state index in [1.165, 1.54) is 10.6 Å². The van der Waals surface area contributed by atoms with Gasteiger partial charge in [-0.15, -0.1) is 0 Å². The average molecular weight is 376 g/mol. The largest absolute Gasteiger partial charge is 0.379 e. The third-order valence-corrected chi connectivity index (χ3v) is 4.92. The van der Waals surface area contributed by atoms with Crippen LogP contribution in [0.15, 0.2) is 47.4 Å². The standard InChI is InChI=1S/C19H22ClN3O3/c1-22-7-6-14(12-18(22)24)19(25)21-13-17(23-8-10-26-11-9-23)15-4-2-3-5-16(15)20/h2-7,12,17H,8-11,13H2,1H3,(H,21,25)/t17-/m1/s1. The van der Waals surface area contributed by atoms with Crippen LogP contribution in [-0.2, 0) is 11.8 Å². The number of hydrogen-bond donors (Lipinski definition) is 1. The molecule has 0 aliphatic carbocycles. The minimum absolute atomic E-state index is 0.0527. The maximum absolute atomic E-state index is 12.5. The van der Waals surface area contributed by atoms with Crippen LogP contribution in [0.1, 0.15) is 22.0 Å². The quantitative estimate of drug-likeness (QED) is 0.866. The molecular formula is C19H22ClN3O3. The summed E-state index contributed by atoms with van der Waals surface area (Å²) in [7, 11) is 1.65. The maximum Gasteiger partial charge on any atom is 0.251 e. The predicted octanol–water partition coefficient (Wildman–Crippen LogP) is 1.84. The number of benzene rings is 1. The number of nitrogens with zero attached hydrogens (tertiary/aromatic N) is 2. The summed E-state index contributed by atoms with van der Waals surface area (Å²) in [5.41, 5.74) is 1.11. The predicted molar refractivity (Wildman–Crippen MR) is 101 cm³/mol. The number of morpholine rings is 1. The van der Waals surface area contributed by atoms with E-state index < -0.39 is 0 Å². The molecule has 1 aliphatic heterocycles. The lowest BCUT2D eigenvalue weighted by Gasteiger charge is -2.35. The topological polar surface area (TPSA) is 63.6 Å². The number of carbonyl (C=O) groups excluding carboxylic acids is 1. The first-order valence-electron chi connectivity index (χ1n) is 8.57. The second kappa shape index (κ2) is 8.49. The Morgan fingerprint density at radius 3 is 2.69 bits per heavy atom. The van der Waals surface area contributed by atoms with Gasteiger partial charge in [-0.2, -0.15) is 0 Å². The van der Waals surface area contributed by atoms with Crippen LogP contribution in [0, 0.1) is 0 Å². The van der Waals surface area contributed by atoms with Crippen molar-refractivity contribution < 1.29 is 9.53 Å². The molecule has 7 heteroatoms. The third kappa shape index (κ3) is 4.33. The maximum atomic E-state index is 12.5. The van der Waals surface area contributed by atoms with E-state index >= 15 is 0 Å². The van der Waals surface area contributed by atoms with Crippen LogP contribution >= 0.6 is 11.6 Å². The van der Waals surface area contributed by atoms with Gasteiger partial charge in [0.2, 0.25) is 0 Å². The van der Waals surface area contributed by atoms with Crippen molar-refractivity contribution in [3.8, 4) is 0 Å². The molecule has 3 rings (SSSR count). The number of hydrogen-bond acceptors (Lipinski definition) is 4. The zero-order valence-corrected chi connectivity index (χ0v) is 15.4. The third-order valence-electron chi connectivity index (χ3n) is 4.57. The molecule has 0 spiro atoms. The van der Waals surface area contributed by atoms with Crippen LogP contribution in [0.25, 0.3) is 0 Å². The van der Waals surface area contributed by atoms with Crippen molar-refractivity contribution in [2.75, 3.05) is 32.8 Å². The molecule has 2 heterocycles. The van der Waals surface area contributed by atoms with E-state index in [0.29, 0.717) is 30.3 Å². The number of carbonyl (C=O) groups is 1. The Morgan fingerprint density at radius 1 is 1.27 bits per heavy atom. The van der Waals surface area contributed by atoms with Crippen LogP contribution < -0.4 is 10.9 Å². The van der Waals surface area contributed by atoms with Gasteiger partial charge in [-0.05, 0) is 17.7 Å². The first kappa shape index (κ1) is 18.6. The molecule has 1 aromatic heterocycles. The summed E-state index contributed by atoms with van der Waals surface area (Å²) in [5, 5.41) is 3.61. The molecule has 1 atom stereocenters. The Balaban J connectivity index is 1.77. The lowest BCUT2D eigenvalue weighted by molar-refractivity contribution is 0.0162. The summed E-state index contributed by atoms with van der Waals surface area (Å²) in [4.78, 5) is 26.5. The van der Waals surface area contributed by atoms with Crippen LogP contribution in [-0.4, -0.2) is 48.2 Å². The lowest BCUT2D eigenvalue weighted by Crippen LogP contribution is -2.44. The molecule has 1 saturated heterocycles. The summed E-state index contributed by atoms with van der Waals surface area (Å²) in [6.07, 6.45) is 1.59. The molecule has 0 bridgehead atoms. The van der Waals surface area contributed by atoms with Crippen molar-refractivity contribution in [3.63, 3.8) is 0 Å². The fourth-order valence-electron chi connectivity index (χ4n) is 3.05. The number of rotatable bonds is 5. The SMILES string of the molecule is Cn1ccc(C(=O)NC[C@H](c2ccccc2Cl)N2CCOCC2)cc1=O. The second-order valence-corrected chi connectivity index (χ2v) is 6.67. The van der Waals surface area contributed by atoms with Gasteiger partial charge in [0.1, 0.15) is 0 Å². The fraction of sp³-hybridized carbons (Fsp3) is 0.368. The van der Waals surface area contributed by atoms with E-state index in [0.717, 1.165) is 18.7 Å². The van der Waals surface area contributed by atoms with Gasteiger partial charge in [-0.1, -0.05) is 29.8 Å². The van der Waals surface area contributed by atoms with Crippen molar-refractivity contribution in [3.05, 3.63) is 69.1 Å². The Kier molecular flexibility index (Phi) is 6.08. The highest BCUT2D eigenvalue weighted by Gasteiger charge is 2.25. The number of pyridine rings is 1. The zero-order valence-electron chi connectivity index (χ0n) is 14.7. The van der Waals surface area contributed by atoms with Crippen molar-refractivity contribution >= 4 is 17.5 Å². The molecule has 0 radical (unpaired) electrons. The second-order valence-electron chi connectivity index (χ2n) is 6.26. The van der Waals surface area contributed by atoms with Gasteiger partial charge in [0.15, 0.2) is 0 Å². The van der Waals surface area contributed by atoms with E-state index in [2.05, 4.69) is 10.2 Å². The van der Waals surface area contributed by atoms with Gasteiger partial charge in [0.25, 0.3) is 11.5 Å². The Hall–Kier alpha value is -2.15. The molecule has 6 nitrogen and oxygen atoms in total. The summed E-state index contributed by atoms with van der Waals surface area (Å²) in [6.45, 7) is 3.26. The van der Waals surface area contributed by atoms with E-state index in [1.807, 2.05) is 24.3 Å². The minimum atomic E-state index is -0.270. The van der Waals surface area contributed by atoms with Gasteiger partial charge >= 0.3 is 0 Å². The molecule has 1 N–H and O–H groups in total. The summed E-state index contributed by atoms with van der Waals surface area (Å²) in [5.74, 6) is -0.270. The van der Waals surface area contributed by atoms with Crippen LogP contribution in [0.4, 0.5) is 0 Å². The van der Waals surface area contributed by atoms with E-state index in [-0.39, 0.29) is 17.5 Å². The number of halogens is 1. The van der Waals surface area contributed by atoms with E-state index in [4.69, 9.17) is 16.3 Å². The fourth-order valence-corrected chi connectivity index (χ4v) is 3.31. The first-order chi connectivity index (χ1) is 12.6. The highest BCUT2D eigenvalue weighted by atomic mass is 35.5. The van der Waals surface area contributed by atoms with Crippen molar-refractivity contribution in [2.24, 2.45) is 7.05 Å². The van der Waals surface area contributed by atoms with E-state index in [1.54, 1.807) is 19.3 Å². The Bertz CT molecular complexity index is 831. The molecule has 138 valence electrons. The van der Waals surface area contributed by atoms with Crippen molar-refractivity contribution in [2.45, 2.75) is 6.04 Å². The number of aryl methyl sites for hydroxylation is 1. The number of amides is 1. The molecule has 2 aromatic rings. The average Bonchev–Trinajstić information content (AvgIpc) is 2.66. The Morgan fingerprint density at radius 2 is 2.00 bits per heavy atom. The van der Waals surface area contributed by atoms with Crippen LogP contribution in [0.2, 0.25) is 5.02 Å². The van der Waals surface area contributed by atoms with Gasteiger partial charge in [0, 0.05) is 49.5 Å². The number of ether oxygens (including phenoxy) is 1. The van der Waals surface area contributed by atoms with Gasteiger partial charge in [-0.25, -0.2) is 0 Å². The molecule has 1 aromatic carbocycles.